The van der Waals surface area contributed by atoms with Gasteiger partial charge in [0.1, 0.15) is 0 Å². The fourth-order valence-corrected chi connectivity index (χ4v) is 2.50. The number of thiophene rings is 1. The molecular weight excluding hydrogens is 442 g/mol. The van der Waals surface area contributed by atoms with Gasteiger partial charge in [-0.05, 0) is 6.07 Å². The monoisotopic (exact) mass is 450 g/mol. The summed E-state index contributed by atoms with van der Waals surface area (Å²) in [5.74, 6) is -2.14. The van der Waals surface area contributed by atoms with E-state index in [0.717, 1.165) is 11.3 Å². The highest BCUT2D eigenvalue weighted by molar-refractivity contribution is 7.14. The summed E-state index contributed by atoms with van der Waals surface area (Å²) in [6, 6.07) is 1.11. The second-order valence-corrected chi connectivity index (χ2v) is 6.23. The van der Waals surface area contributed by atoms with Crippen molar-refractivity contribution in [1.29, 1.82) is 0 Å². The molecule has 0 saturated carbocycles. The number of urea groups is 1. The standard InChI is InChI=1S/C13H9ClF6N4O3S/c14-6-1-9(28-3-6)23-11(25)24-10-21-7(26-4-12(15,16)17)2-8(22-10)27-5-13(18,19)20/h1-3H,4-5H2,(H2,21,22,23,24,25). The lowest BCUT2D eigenvalue weighted by molar-refractivity contribution is -0.154. The van der Waals surface area contributed by atoms with E-state index < -0.39 is 49.3 Å². The topological polar surface area (TPSA) is 85.4 Å². The number of nitrogens with one attached hydrogen (secondary N) is 2. The maximum Gasteiger partial charge on any atom is 0.422 e. The van der Waals surface area contributed by atoms with Crippen molar-refractivity contribution >= 4 is 39.9 Å². The van der Waals surface area contributed by atoms with Crippen molar-refractivity contribution < 1.29 is 40.6 Å². The Hall–Kier alpha value is -2.48. The van der Waals surface area contributed by atoms with Crippen LogP contribution in [0.25, 0.3) is 0 Å². The maximum absolute atomic E-state index is 12.3. The molecule has 0 bridgehead atoms. The first-order chi connectivity index (χ1) is 12.9. The molecule has 0 radical (unpaired) electrons. The van der Waals surface area contributed by atoms with E-state index in [-0.39, 0.29) is 0 Å². The summed E-state index contributed by atoms with van der Waals surface area (Å²) >= 11 is 6.76. The zero-order valence-electron chi connectivity index (χ0n) is 13.3. The zero-order chi connectivity index (χ0) is 20.9. The van der Waals surface area contributed by atoms with Gasteiger partial charge in [-0.2, -0.15) is 36.3 Å². The largest absolute Gasteiger partial charge is 0.468 e. The Morgan fingerprint density at radius 1 is 1.00 bits per heavy atom. The molecule has 0 atom stereocenters. The molecule has 2 aromatic heterocycles. The van der Waals surface area contributed by atoms with Gasteiger partial charge in [-0.15, -0.1) is 11.3 Å². The molecule has 0 spiro atoms. The van der Waals surface area contributed by atoms with Crippen LogP contribution in [0.15, 0.2) is 17.5 Å². The summed E-state index contributed by atoms with van der Waals surface area (Å²) < 4.78 is 82.3. The number of aromatic nitrogens is 2. The summed E-state index contributed by atoms with van der Waals surface area (Å²) in [7, 11) is 0. The number of nitrogens with zero attached hydrogens (tertiary/aromatic N) is 2. The van der Waals surface area contributed by atoms with E-state index in [9.17, 15) is 31.1 Å². The normalized spacial score (nSPS) is 11.8. The van der Waals surface area contributed by atoms with Crippen molar-refractivity contribution in [3.63, 3.8) is 0 Å². The molecule has 0 aliphatic carbocycles. The summed E-state index contributed by atoms with van der Waals surface area (Å²) in [6.45, 7) is -3.52. The molecule has 0 unspecified atom stereocenters. The van der Waals surface area contributed by atoms with E-state index in [0.29, 0.717) is 16.1 Å². The molecule has 0 saturated heterocycles. The minimum absolute atomic E-state index is 0.320. The van der Waals surface area contributed by atoms with E-state index in [1.807, 2.05) is 5.32 Å². The molecule has 154 valence electrons. The van der Waals surface area contributed by atoms with Crippen LogP contribution in [0, 0.1) is 0 Å². The lowest BCUT2D eigenvalue weighted by Gasteiger charge is -2.13. The van der Waals surface area contributed by atoms with Crippen molar-refractivity contribution in [3.05, 3.63) is 22.5 Å². The smallest absolute Gasteiger partial charge is 0.422 e. The molecule has 2 amide bonds. The number of halogens is 7. The van der Waals surface area contributed by atoms with Crippen LogP contribution in [-0.2, 0) is 0 Å². The Kier molecular flexibility index (Phi) is 6.77. The van der Waals surface area contributed by atoms with Crippen molar-refractivity contribution in [2.24, 2.45) is 0 Å². The van der Waals surface area contributed by atoms with E-state index >= 15 is 0 Å². The van der Waals surface area contributed by atoms with Gasteiger partial charge in [-0.3, -0.25) is 10.6 Å². The van der Waals surface area contributed by atoms with Crippen molar-refractivity contribution in [2.75, 3.05) is 23.8 Å². The SMILES string of the molecule is O=C(Nc1nc(OCC(F)(F)F)cc(OCC(F)(F)F)n1)Nc1cc(Cl)cs1. The molecular formula is C13H9ClF6N4O3S. The molecule has 7 nitrogen and oxygen atoms in total. The van der Waals surface area contributed by atoms with Gasteiger partial charge in [0, 0.05) is 5.38 Å². The van der Waals surface area contributed by atoms with Crippen LogP contribution >= 0.6 is 22.9 Å². The van der Waals surface area contributed by atoms with Crippen molar-refractivity contribution in [2.45, 2.75) is 12.4 Å². The van der Waals surface area contributed by atoms with Gasteiger partial charge in [-0.1, -0.05) is 11.6 Å². The quantitative estimate of drug-likeness (QED) is 0.622. The number of anilines is 2. The maximum atomic E-state index is 12.3. The van der Waals surface area contributed by atoms with E-state index in [1.54, 1.807) is 0 Å². The molecule has 2 rings (SSSR count). The number of carbonyl (C=O) groups is 1. The minimum Gasteiger partial charge on any atom is -0.468 e. The van der Waals surface area contributed by atoms with Gasteiger partial charge < -0.3 is 9.47 Å². The highest BCUT2D eigenvalue weighted by atomic mass is 35.5. The molecule has 15 heteroatoms. The molecule has 2 heterocycles. The first kappa shape index (κ1) is 21.8. The van der Waals surface area contributed by atoms with Gasteiger partial charge in [0.05, 0.1) is 16.1 Å². The Balaban J connectivity index is 2.14. The predicted octanol–water partition coefficient (Wildman–Crippen LogP) is 4.72. The number of alkyl halides is 6. The minimum atomic E-state index is -4.72. The summed E-state index contributed by atoms with van der Waals surface area (Å²) in [5, 5.41) is 6.55. The van der Waals surface area contributed by atoms with Crippen LogP contribution in [0.4, 0.5) is 42.1 Å². The van der Waals surface area contributed by atoms with E-state index in [2.05, 4.69) is 24.8 Å². The molecule has 0 aromatic carbocycles. The van der Waals surface area contributed by atoms with E-state index in [4.69, 9.17) is 11.6 Å². The van der Waals surface area contributed by atoms with Crippen LogP contribution in [-0.4, -0.2) is 41.6 Å². The fraction of sp³-hybridized carbons (Fsp3) is 0.308. The second kappa shape index (κ2) is 8.68. The highest BCUT2D eigenvalue weighted by Crippen LogP contribution is 2.25. The van der Waals surface area contributed by atoms with Gasteiger partial charge in [-0.25, -0.2) is 4.79 Å². The van der Waals surface area contributed by atoms with Crippen LogP contribution in [0.1, 0.15) is 0 Å². The van der Waals surface area contributed by atoms with Crippen LogP contribution in [0.2, 0.25) is 5.02 Å². The predicted molar refractivity (Wildman–Crippen MR) is 87.1 cm³/mol. The molecule has 0 aliphatic rings. The van der Waals surface area contributed by atoms with Crippen LogP contribution < -0.4 is 20.1 Å². The van der Waals surface area contributed by atoms with E-state index in [1.165, 1.54) is 11.4 Å². The molecule has 2 N–H and O–H groups in total. The van der Waals surface area contributed by atoms with Crippen molar-refractivity contribution in [3.8, 4) is 11.8 Å². The number of rotatable bonds is 6. The Bertz CT molecular complexity index is 793. The van der Waals surface area contributed by atoms with Crippen molar-refractivity contribution in [1.82, 2.24) is 9.97 Å². The first-order valence-corrected chi connectivity index (χ1v) is 8.25. The lowest BCUT2D eigenvalue weighted by atomic mass is 10.5. The summed E-state index contributed by atoms with van der Waals surface area (Å²) in [5.41, 5.74) is 0. The molecule has 28 heavy (non-hydrogen) atoms. The first-order valence-electron chi connectivity index (χ1n) is 7.00. The highest BCUT2D eigenvalue weighted by Gasteiger charge is 2.30. The lowest BCUT2D eigenvalue weighted by Crippen LogP contribution is -2.23. The average Bonchev–Trinajstić information content (AvgIpc) is 2.94. The molecule has 0 aliphatic heterocycles. The number of hydrogen-bond acceptors (Lipinski definition) is 6. The zero-order valence-corrected chi connectivity index (χ0v) is 14.9. The van der Waals surface area contributed by atoms with Crippen LogP contribution in [0.3, 0.4) is 0 Å². The van der Waals surface area contributed by atoms with Gasteiger partial charge in [0.25, 0.3) is 0 Å². The third kappa shape index (κ3) is 8.04. The Labute approximate surface area is 161 Å². The number of carbonyl (C=O) groups excluding carboxylic acids is 1. The third-order valence-electron chi connectivity index (χ3n) is 2.48. The average molecular weight is 451 g/mol. The number of hydrogen-bond donors (Lipinski definition) is 2. The number of ether oxygens (including phenoxy) is 2. The van der Waals surface area contributed by atoms with Crippen LogP contribution in [0.5, 0.6) is 11.8 Å². The Morgan fingerprint density at radius 2 is 1.54 bits per heavy atom. The van der Waals surface area contributed by atoms with Gasteiger partial charge >= 0.3 is 18.4 Å². The third-order valence-corrected chi connectivity index (χ3v) is 3.67. The van der Waals surface area contributed by atoms with Gasteiger partial charge in [0.2, 0.25) is 17.7 Å². The van der Waals surface area contributed by atoms with Gasteiger partial charge in [0.15, 0.2) is 13.2 Å². The Morgan fingerprint density at radius 3 is 1.96 bits per heavy atom. The summed E-state index contributed by atoms with van der Waals surface area (Å²) in [4.78, 5) is 18.8. The fourth-order valence-electron chi connectivity index (χ4n) is 1.54. The molecule has 0 fully saturated rings. The second-order valence-electron chi connectivity index (χ2n) is 4.88. The summed E-state index contributed by atoms with van der Waals surface area (Å²) in [6.07, 6.45) is -9.44. The number of amides is 2. The molecule has 2 aromatic rings.